The number of benzene rings is 1. The molecule has 26 heavy (non-hydrogen) atoms. The maximum atomic E-state index is 5.42. The van der Waals surface area contributed by atoms with E-state index in [2.05, 4.69) is 58.0 Å². The predicted octanol–water partition coefficient (Wildman–Crippen LogP) is 7.49. The van der Waals surface area contributed by atoms with Gasteiger partial charge in [-0.25, -0.2) is 0 Å². The van der Waals surface area contributed by atoms with Gasteiger partial charge in [0.15, 0.2) is 11.5 Å². The molecule has 1 atom stereocenters. The van der Waals surface area contributed by atoms with Gasteiger partial charge in [0.25, 0.3) is 0 Å². The first kappa shape index (κ1) is 20.6. The monoisotopic (exact) mass is 372 g/mol. The third kappa shape index (κ3) is 5.63. The van der Waals surface area contributed by atoms with Crippen LogP contribution in [-0.2, 0) is 0 Å². The molecule has 2 aromatic rings. The van der Waals surface area contributed by atoms with Gasteiger partial charge in [0.05, 0.1) is 14.2 Å². The number of hydrogen-bond acceptors (Lipinski definition) is 3. The highest BCUT2D eigenvalue weighted by atomic mass is 32.1. The maximum Gasteiger partial charge on any atom is 0.162 e. The van der Waals surface area contributed by atoms with Gasteiger partial charge in [-0.05, 0) is 69.9 Å². The quantitative estimate of drug-likeness (QED) is 0.424. The Morgan fingerprint density at radius 1 is 1.00 bits per heavy atom. The van der Waals surface area contributed by atoms with Crippen molar-refractivity contribution in [2.75, 3.05) is 14.2 Å². The Bertz CT molecular complexity index is 738. The lowest BCUT2D eigenvalue weighted by Crippen LogP contribution is -1.89. The molecule has 0 radical (unpaired) electrons. The summed E-state index contributed by atoms with van der Waals surface area (Å²) in [4.78, 5) is 1.44. The third-order valence-electron chi connectivity index (χ3n) is 4.71. The molecule has 0 saturated heterocycles. The van der Waals surface area contributed by atoms with Gasteiger partial charge in [0.2, 0.25) is 0 Å². The van der Waals surface area contributed by atoms with Crippen LogP contribution in [0.5, 0.6) is 11.5 Å². The van der Waals surface area contributed by atoms with Crippen LogP contribution in [0.4, 0.5) is 0 Å². The fourth-order valence-electron chi connectivity index (χ4n) is 3.04. The fourth-order valence-corrected chi connectivity index (χ4v) is 4.20. The Morgan fingerprint density at radius 2 is 1.69 bits per heavy atom. The molecule has 0 spiro atoms. The molecule has 0 aliphatic rings. The number of ether oxygens (including phenoxy) is 2. The largest absolute Gasteiger partial charge is 0.493 e. The highest BCUT2D eigenvalue weighted by Crippen LogP contribution is 2.39. The third-order valence-corrected chi connectivity index (χ3v) is 6.04. The van der Waals surface area contributed by atoms with E-state index in [-0.39, 0.29) is 0 Å². The normalized spacial score (nSPS) is 12.9. The van der Waals surface area contributed by atoms with Crippen LogP contribution in [0.25, 0.3) is 10.1 Å². The molecule has 1 heterocycles. The lowest BCUT2D eigenvalue weighted by Gasteiger charge is -2.07. The number of hydrogen-bond donors (Lipinski definition) is 0. The lowest BCUT2D eigenvalue weighted by atomic mass is 10.0. The number of fused-ring (bicyclic) bond motifs is 1. The molecule has 0 amide bonds. The van der Waals surface area contributed by atoms with Crippen molar-refractivity contribution >= 4 is 21.4 Å². The smallest absolute Gasteiger partial charge is 0.162 e. The molecule has 2 rings (SSSR count). The molecule has 3 heteroatoms. The molecule has 1 unspecified atom stereocenters. The van der Waals surface area contributed by atoms with E-state index in [0.29, 0.717) is 5.92 Å². The van der Waals surface area contributed by atoms with Gasteiger partial charge in [0, 0.05) is 15.6 Å². The van der Waals surface area contributed by atoms with Crippen molar-refractivity contribution in [2.24, 2.45) is 0 Å². The van der Waals surface area contributed by atoms with E-state index in [9.17, 15) is 0 Å². The van der Waals surface area contributed by atoms with E-state index in [4.69, 9.17) is 9.47 Å². The van der Waals surface area contributed by atoms with Gasteiger partial charge < -0.3 is 9.47 Å². The van der Waals surface area contributed by atoms with Crippen LogP contribution >= 0.6 is 11.3 Å². The second kappa shape index (κ2) is 9.82. The zero-order valence-corrected chi connectivity index (χ0v) is 17.8. The van der Waals surface area contributed by atoms with Gasteiger partial charge in [-0.15, -0.1) is 11.3 Å². The van der Waals surface area contributed by atoms with E-state index in [1.165, 1.54) is 39.0 Å². The Balaban J connectivity index is 1.99. The zero-order chi connectivity index (χ0) is 19.1. The van der Waals surface area contributed by atoms with E-state index in [1.807, 2.05) is 11.3 Å². The average Bonchev–Trinajstić information content (AvgIpc) is 3.02. The van der Waals surface area contributed by atoms with Crippen molar-refractivity contribution in [3.8, 4) is 11.5 Å². The van der Waals surface area contributed by atoms with E-state index in [0.717, 1.165) is 24.3 Å². The molecule has 1 aromatic heterocycles. The predicted molar refractivity (Wildman–Crippen MR) is 115 cm³/mol. The lowest BCUT2D eigenvalue weighted by molar-refractivity contribution is 0.356. The molecule has 0 fully saturated rings. The van der Waals surface area contributed by atoms with Crippen molar-refractivity contribution in [2.45, 2.75) is 59.3 Å². The van der Waals surface area contributed by atoms with Gasteiger partial charge >= 0.3 is 0 Å². The average molecular weight is 373 g/mol. The Kier molecular flexibility index (Phi) is 7.77. The summed E-state index contributed by atoms with van der Waals surface area (Å²) in [6, 6.07) is 6.47. The molecule has 0 N–H and O–H groups in total. The van der Waals surface area contributed by atoms with Crippen LogP contribution in [0.3, 0.4) is 0 Å². The summed E-state index contributed by atoms with van der Waals surface area (Å²) in [6.07, 6.45) is 9.38. The molecule has 0 saturated carbocycles. The second-order valence-electron chi connectivity index (χ2n) is 7.24. The van der Waals surface area contributed by atoms with Crippen molar-refractivity contribution < 1.29 is 9.47 Å². The fraction of sp³-hybridized carbons (Fsp3) is 0.478. The van der Waals surface area contributed by atoms with Crippen LogP contribution in [0.2, 0.25) is 0 Å². The number of thiophene rings is 1. The molecule has 2 nitrogen and oxygen atoms in total. The van der Waals surface area contributed by atoms with Crippen molar-refractivity contribution in [3.05, 3.63) is 46.4 Å². The summed E-state index contributed by atoms with van der Waals surface area (Å²) >= 11 is 1.87. The van der Waals surface area contributed by atoms with Gasteiger partial charge in [0.1, 0.15) is 0 Å². The van der Waals surface area contributed by atoms with Crippen molar-refractivity contribution in [1.82, 2.24) is 0 Å². The molecular weight excluding hydrogens is 340 g/mol. The Hall–Kier alpha value is -1.74. The Labute approximate surface area is 162 Å². The molecule has 0 aliphatic heterocycles. The summed E-state index contributed by atoms with van der Waals surface area (Å²) in [6.45, 7) is 8.90. The first-order chi connectivity index (χ1) is 12.4. The minimum atomic E-state index is 0.561. The molecule has 1 aromatic carbocycles. The zero-order valence-electron chi connectivity index (χ0n) is 17.0. The van der Waals surface area contributed by atoms with Crippen molar-refractivity contribution in [3.63, 3.8) is 0 Å². The van der Waals surface area contributed by atoms with Crippen LogP contribution < -0.4 is 9.47 Å². The summed E-state index contributed by atoms with van der Waals surface area (Å²) < 4.78 is 12.1. The molecule has 0 bridgehead atoms. The molecule has 0 aliphatic carbocycles. The highest BCUT2D eigenvalue weighted by molar-refractivity contribution is 7.19. The summed E-state index contributed by atoms with van der Waals surface area (Å²) in [7, 11) is 3.37. The maximum absolute atomic E-state index is 5.42. The molecule has 142 valence electrons. The van der Waals surface area contributed by atoms with Crippen LogP contribution in [0.15, 0.2) is 41.5 Å². The summed E-state index contributed by atoms with van der Waals surface area (Å²) in [5.74, 6) is 2.16. The first-order valence-electron chi connectivity index (χ1n) is 9.39. The van der Waals surface area contributed by atoms with Gasteiger partial charge in [-0.3, -0.25) is 0 Å². The standard InChI is InChI=1S/C23H32O2S/c1-16(2)9-7-10-17(3)11-8-12-18(4)22-14-19-13-20(24-5)21(25-6)15-23(19)26-22/h9,11,13-15,18H,7-8,10,12H2,1-6H3/b17-11+. The van der Waals surface area contributed by atoms with Crippen LogP contribution in [-0.4, -0.2) is 14.2 Å². The Morgan fingerprint density at radius 3 is 2.35 bits per heavy atom. The van der Waals surface area contributed by atoms with E-state index >= 15 is 0 Å². The first-order valence-corrected chi connectivity index (χ1v) is 10.2. The van der Waals surface area contributed by atoms with Gasteiger partial charge in [-0.2, -0.15) is 0 Å². The molecular formula is C23H32O2S. The summed E-state index contributed by atoms with van der Waals surface area (Å²) in [5.41, 5.74) is 2.91. The van der Waals surface area contributed by atoms with Gasteiger partial charge in [-0.1, -0.05) is 30.2 Å². The summed E-state index contributed by atoms with van der Waals surface area (Å²) in [5, 5.41) is 1.24. The SMILES string of the molecule is COc1cc2cc(C(C)CC/C=C(\C)CCC=C(C)C)sc2cc1OC. The minimum Gasteiger partial charge on any atom is -0.493 e. The van der Waals surface area contributed by atoms with Crippen LogP contribution in [0, 0.1) is 0 Å². The topological polar surface area (TPSA) is 18.5 Å². The van der Waals surface area contributed by atoms with Crippen molar-refractivity contribution in [1.29, 1.82) is 0 Å². The van der Waals surface area contributed by atoms with E-state index in [1.54, 1.807) is 14.2 Å². The van der Waals surface area contributed by atoms with E-state index < -0.39 is 0 Å². The van der Waals surface area contributed by atoms with Crippen LogP contribution in [0.1, 0.15) is 64.2 Å². The second-order valence-corrected chi connectivity index (χ2v) is 8.36. The number of methoxy groups -OCH3 is 2. The highest BCUT2D eigenvalue weighted by Gasteiger charge is 2.12. The number of rotatable bonds is 9. The minimum absolute atomic E-state index is 0.561. The number of allylic oxidation sites excluding steroid dienone is 4.